The molecule has 0 saturated carbocycles. The minimum atomic E-state index is -0.435. The summed E-state index contributed by atoms with van der Waals surface area (Å²) in [4.78, 5) is 11.1. The number of fused-ring (bicyclic) bond motifs is 1. The van der Waals surface area contributed by atoms with Crippen LogP contribution in [0.3, 0.4) is 0 Å². The predicted molar refractivity (Wildman–Crippen MR) is 47.7 cm³/mol. The van der Waals surface area contributed by atoms with E-state index < -0.39 is 5.91 Å². The second-order valence-electron chi connectivity index (χ2n) is 3.28. The van der Waals surface area contributed by atoms with Gasteiger partial charge in [-0.1, -0.05) is 6.07 Å². The van der Waals surface area contributed by atoms with Gasteiger partial charge in [0.2, 0.25) is 0 Å². The number of carbonyl (C=O) groups is 1. The third kappa shape index (κ3) is 1.42. The van der Waals surface area contributed by atoms with Gasteiger partial charge in [-0.15, -0.1) is 0 Å². The number of aryl methyl sites for hydroxylation is 2. The standard InChI is InChI=1S/C10H11NO2/c12-10(11-13)9-5-4-7-2-1-3-8(7)6-9/h4-6,13H,1-3H2,(H,11,12). The van der Waals surface area contributed by atoms with Crippen LogP contribution in [0.1, 0.15) is 27.9 Å². The summed E-state index contributed by atoms with van der Waals surface area (Å²) < 4.78 is 0. The number of amides is 1. The number of benzene rings is 1. The van der Waals surface area contributed by atoms with Gasteiger partial charge in [-0.3, -0.25) is 10.0 Å². The molecule has 1 aliphatic carbocycles. The molecule has 0 saturated heterocycles. The smallest absolute Gasteiger partial charge is 0.274 e. The van der Waals surface area contributed by atoms with Crippen molar-refractivity contribution in [1.82, 2.24) is 5.48 Å². The van der Waals surface area contributed by atoms with E-state index >= 15 is 0 Å². The molecule has 0 fully saturated rings. The first kappa shape index (κ1) is 8.26. The van der Waals surface area contributed by atoms with Crippen LogP contribution < -0.4 is 5.48 Å². The highest BCUT2D eigenvalue weighted by atomic mass is 16.5. The Balaban J connectivity index is 2.36. The van der Waals surface area contributed by atoms with Gasteiger partial charge in [0.15, 0.2) is 0 Å². The first-order valence-electron chi connectivity index (χ1n) is 4.37. The normalized spacial score (nSPS) is 13.9. The Morgan fingerprint density at radius 3 is 2.85 bits per heavy atom. The molecule has 0 aliphatic heterocycles. The van der Waals surface area contributed by atoms with E-state index in [0.717, 1.165) is 12.8 Å². The van der Waals surface area contributed by atoms with Gasteiger partial charge in [-0.2, -0.15) is 0 Å². The number of hydroxylamine groups is 1. The van der Waals surface area contributed by atoms with Crippen molar-refractivity contribution in [1.29, 1.82) is 0 Å². The predicted octanol–water partition coefficient (Wildman–Crippen LogP) is 1.29. The minimum Gasteiger partial charge on any atom is -0.288 e. The molecular formula is C10H11NO2. The molecule has 1 amide bonds. The summed E-state index contributed by atoms with van der Waals surface area (Å²) in [6, 6.07) is 5.57. The summed E-state index contributed by atoms with van der Waals surface area (Å²) in [6.07, 6.45) is 3.32. The average Bonchev–Trinajstić information content (AvgIpc) is 2.63. The van der Waals surface area contributed by atoms with Gasteiger partial charge < -0.3 is 0 Å². The van der Waals surface area contributed by atoms with Crippen molar-refractivity contribution in [3.05, 3.63) is 34.9 Å². The van der Waals surface area contributed by atoms with Crippen LogP contribution in [0.25, 0.3) is 0 Å². The van der Waals surface area contributed by atoms with E-state index in [1.54, 1.807) is 11.5 Å². The lowest BCUT2D eigenvalue weighted by Gasteiger charge is -2.02. The molecule has 3 nitrogen and oxygen atoms in total. The van der Waals surface area contributed by atoms with Crippen molar-refractivity contribution in [3.8, 4) is 0 Å². The van der Waals surface area contributed by atoms with Crippen molar-refractivity contribution in [2.75, 3.05) is 0 Å². The Kier molecular flexibility index (Phi) is 2.02. The molecule has 2 N–H and O–H groups in total. The van der Waals surface area contributed by atoms with Crippen LogP contribution in [0.5, 0.6) is 0 Å². The van der Waals surface area contributed by atoms with Gasteiger partial charge in [-0.05, 0) is 42.5 Å². The summed E-state index contributed by atoms with van der Waals surface area (Å²) in [5.41, 5.74) is 4.73. The summed E-state index contributed by atoms with van der Waals surface area (Å²) in [5.74, 6) is -0.435. The number of hydrogen-bond donors (Lipinski definition) is 2. The molecule has 1 aliphatic rings. The summed E-state index contributed by atoms with van der Waals surface area (Å²) in [7, 11) is 0. The molecule has 0 unspecified atom stereocenters. The van der Waals surface area contributed by atoms with Crippen LogP contribution in [0.4, 0.5) is 0 Å². The van der Waals surface area contributed by atoms with Crippen LogP contribution in [0.15, 0.2) is 18.2 Å². The highest BCUT2D eigenvalue weighted by Gasteiger charge is 2.13. The topological polar surface area (TPSA) is 49.3 Å². The van der Waals surface area contributed by atoms with Crippen molar-refractivity contribution in [2.45, 2.75) is 19.3 Å². The highest BCUT2D eigenvalue weighted by Crippen LogP contribution is 2.22. The number of rotatable bonds is 1. The molecule has 1 aromatic carbocycles. The maximum absolute atomic E-state index is 11.1. The monoisotopic (exact) mass is 177 g/mol. The third-order valence-electron chi connectivity index (χ3n) is 2.46. The quantitative estimate of drug-likeness (QED) is 0.501. The fraction of sp³-hybridized carbons (Fsp3) is 0.300. The minimum absolute atomic E-state index is 0.435. The fourth-order valence-electron chi connectivity index (χ4n) is 1.78. The molecular weight excluding hydrogens is 166 g/mol. The first-order chi connectivity index (χ1) is 6.31. The van der Waals surface area contributed by atoms with Crippen LogP contribution in [-0.4, -0.2) is 11.1 Å². The van der Waals surface area contributed by atoms with Crippen molar-refractivity contribution >= 4 is 5.91 Å². The maximum atomic E-state index is 11.1. The average molecular weight is 177 g/mol. The fourth-order valence-corrected chi connectivity index (χ4v) is 1.78. The molecule has 2 rings (SSSR count). The van der Waals surface area contributed by atoms with Crippen LogP contribution in [0.2, 0.25) is 0 Å². The lowest BCUT2D eigenvalue weighted by atomic mass is 10.1. The molecule has 0 aromatic heterocycles. The van der Waals surface area contributed by atoms with E-state index in [9.17, 15) is 4.79 Å². The first-order valence-corrected chi connectivity index (χ1v) is 4.37. The van der Waals surface area contributed by atoms with Crippen molar-refractivity contribution < 1.29 is 10.0 Å². The summed E-state index contributed by atoms with van der Waals surface area (Å²) in [5, 5.41) is 8.44. The molecule has 1 aromatic rings. The van der Waals surface area contributed by atoms with Crippen LogP contribution >= 0.6 is 0 Å². The molecule has 13 heavy (non-hydrogen) atoms. The van der Waals surface area contributed by atoms with Crippen molar-refractivity contribution in [2.24, 2.45) is 0 Å². The third-order valence-corrected chi connectivity index (χ3v) is 2.46. The maximum Gasteiger partial charge on any atom is 0.274 e. The van der Waals surface area contributed by atoms with E-state index in [4.69, 9.17) is 5.21 Å². The van der Waals surface area contributed by atoms with E-state index in [1.807, 2.05) is 12.1 Å². The van der Waals surface area contributed by atoms with E-state index in [-0.39, 0.29) is 0 Å². The molecule has 3 heteroatoms. The Morgan fingerprint density at radius 1 is 1.31 bits per heavy atom. The molecule has 0 radical (unpaired) electrons. The Morgan fingerprint density at radius 2 is 2.08 bits per heavy atom. The molecule has 0 atom stereocenters. The Hall–Kier alpha value is -1.35. The summed E-state index contributed by atoms with van der Waals surface area (Å²) >= 11 is 0. The molecule has 0 heterocycles. The Bertz CT molecular complexity index is 347. The number of carbonyl (C=O) groups excluding carboxylic acids is 1. The summed E-state index contributed by atoms with van der Waals surface area (Å²) in [6.45, 7) is 0. The number of hydrogen-bond acceptors (Lipinski definition) is 2. The van der Waals surface area contributed by atoms with E-state index in [1.165, 1.54) is 17.5 Å². The van der Waals surface area contributed by atoms with Gasteiger partial charge >= 0.3 is 0 Å². The zero-order valence-electron chi connectivity index (χ0n) is 7.21. The van der Waals surface area contributed by atoms with Gasteiger partial charge in [0.25, 0.3) is 5.91 Å². The van der Waals surface area contributed by atoms with Gasteiger partial charge in [-0.25, -0.2) is 5.48 Å². The van der Waals surface area contributed by atoms with E-state index in [2.05, 4.69) is 0 Å². The molecule has 0 bridgehead atoms. The van der Waals surface area contributed by atoms with Crippen LogP contribution in [-0.2, 0) is 12.8 Å². The SMILES string of the molecule is O=C(NO)c1ccc2c(c1)CCC2. The zero-order valence-corrected chi connectivity index (χ0v) is 7.21. The number of nitrogens with one attached hydrogen (secondary N) is 1. The van der Waals surface area contributed by atoms with Gasteiger partial charge in [0, 0.05) is 5.56 Å². The zero-order chi connectivity index (χ0) is 9.26. The highest BCUT2D eigenvalue weighted by molar-refractivity contribution is 5.93. The van der Waals surface area contributed by atoms with Gasteiger partial charge in [0.1, 0.15) is 0 Å². The van der Waals surface area contributed by atoms with E-state index in [0.29, 0.717) is 5.56 Å². The lowest BCUT2D eigenvalue weighted by molar-refractivity contribution is 0.0706. The molecule has 0 spiro atoms. The second-order valence-corrected chi connectivity index (χ2v) is 3.28. The molecule has 68 valence electrons. The Labute approximate surface area is 76.3 Å². The van der Waals surface area contributed by atoms with Crippen LogP contribution in [0, 0.1) is 0 Å². The second kappa shape index (κ2) is 3.18. The largest absolute Gasteiger partial charge is 0.288 e. The van der Waals surface area contributed by atoms with Gasteiger partial charge in [0.05, 0.1) is 0 Å². The lowest BCUT2D eigenvalue weighted by Crippen LogP contribution is -2.18. The van der Waals surface area contributed by atoms with Crippen molar-refractivity contribution in [3.63, 3.8) is 0 Å².